The Morgan fingerprint density at radius 2 is 1.27 bits per heavy atom. The van der Waals surface area contributed by atoms with Gasteiger partial charge in [0, 0.05) is 41.7 Å². The molecular formula is C6H8NaO4. The molecule has 0 bridgehead atoms. The number of esters is 2. The summed E-state index contributed by atoms with van der Waals surface area (Å²) >= 11 is 0. The van der Waals surface area contributed by atoms with E-state index < -0.39 is 11.9 Å². The van der Waals surface area contributed by atoms with Crippen molar-refractivity contribution in [3.8, 4) is 0 Å². The zero-order valence-corrected chi connectivity index (χ0v) is 8.79. The predicted molar refractivity (Wildman–Crippen MR) is 38.9 cm³/mol. The maximum atomic E-state index is 10.3. The van der Waals surface area contributed by atoms with Gasteiger partial charge >= 0.3 is 11.9 Å². The fourth-order valence-electron chi connectivity index (χ4n) is 0.272. The molecule has 0 aromatic rings. The first kappa shape index (κ1) is 13.3. The van der Waals surface area contributed by atoms with Crippen LogP contribution in [0.25, 0.3) is 0 Å². The van der Waals surface area contributed by atoms with E-state index in [2.05, 4.69) is 9.47 Å². The van der Waals surface area contributed by atoms with Gasteiger partial charge < -0.3 is 9.47 Å². The van der Waals surface area contributed by atoms with Gasteiger partial charge in [0.05, 0.1) is 14.2 Å². The largest absolute Gasteiger partial charge is 0.466 e. The van der Waals surface area contributed by atoms with Gasteiger partial charge in [-0.1, -0.05) is 0 Å². The standard InChI is InChI=1S/C6H8O4.Na/c1-9-5(7)3-4-6(8)10-2;/h3-4H,1-2H3;. The third-order valence-electron chi connectivity index (χ3n) is 0.758. The minimum Gasteiger partial charge on any atom is -0.466 e. The van der Waals surface area contributed by atoms with Crippen LogP contribution in [-0.4, -0.2) is 55.7 Å². The first-order valence-electron chi connectivity index (χ1n) is 2.54. The summed E-state index contributed by atoms with van der Waals surface area (Å²) in [6.45, 7) is 0. The average molecular weight is 167 g/mol. The molecule has 0 aliphatic carbocycles. The second-order valence-corrected chi connectivity index (χ2v) is 1.38. The minimum atomic E-state index is -0.578. The van der Waals surface area contributed by atoms with Crippen molar-refractivity contribution in [1.29, 1.82) is 0 Å². The maximum Gasteiger partial charge on any atom is 0.330 e. The Bertz CT molecular complexity index is 146. The molecule has 5 heteroatoms. The molecule has 0 aliphatic rings. The molecule has 57 valence electrons. The molecule has 0 amide bonds. The maximum absolute atomic E-state index is 10.3. The van der Waals surface area contributed by atoms with E-state index in [1.807, 2.05) is 0 Å². The molecule has 4 nitrogen and oxygen atoms in total. The van der Waals surface area contributed by atoms with Crippen LogP contribution in [0.4, 0.5) is 0 Å². The van der Waals surface area contributed by atoms with Gasteiger partial charge in [0.25, 0.3) is 0 Å². The van der Waals surface area contributed by atoms with Gasteiger partial charge in [-0.3, -0.25) is 0 Å². The third-order valence-corrected chi connectivity index (χ3v) is 0.758. The molecule has 0 spiro atoms. The molecule has 0 aliphatic heterocycles. The van der Waals surface area contributed by atoms with Gasteiger partial charge in [0.15, 0.2) is 0 Å². The summed E-state index contributed by atoms with van der Waals surface area (Å²) in [5.74, 6) is -1.16. The van der Waals surface area contributed by atoms with Crippen LogP contribution in [0, 0.1) is 0 Å². The number of hydrogen-bond acceptors (Lipinski definition) is 4. The fourth-order valence-corrected chi connectivity index (χ4v) is 0.272. The second kappa shape index (κ2) is 7.78. The molecule has 11 heavy (non-hydrogen) atoms. The van der Waals surface area contributed by atoms with E-state index in [1.165, 1.54) is 14.2 Å². The van der Waals surface area contributed by atoms with E-state index in [-0.39, 0.29) is 29.6 Å². The minimum absolute atomic E-state index is 0. The van der Waals surface area contributed by atoms with Crippen molar-refractivity contribution < 1.29 is 19.1 Å². The summed E-state index contributed by atoms with van der Waals surface area (Å²) in [5, 5.41) is 0. The third kappa shape index (κ3) is 7.58. The zero-order valence-electron chi connectivity index (χ0n) is 6.79. The summed E-state index contributed by atoms with van der Waals surface area (Å²) in [5.41, 5.74) is 0. The van der Waals surface area contributed by atoms with E-state index in [4.69, 9.17) is 0 Å². The van der Waals surface area contributed by atoms with Crippen molar-refractivity contribution in [2.24, 2.45) is 0 Å². The predicted octanol–water partition coefficient (Wildman–Crippen LogP) is -0.492. The van der Waals surface area contributed by atoms with E-state index in [0.29, 0.717) is 0 Å². The number of ether oxygens (including phenoxy) is 2. The molecule has 0 rings (SSSR count). The molecule has 0 aromatic heterocycles. The number of carbonyl (C=O) groups excluding carboxylic acids is 2. The smallest absolute Gasteiger partial charge is 0.330 e. The first-order valence-corrected chi connectivity index (χ1v) is 2.54. The second-order valence-electron chi connectivity index (χ2n) is 1.38. The molecule has 0 atom stereocenters. The van der Waals surface area contributed by atoms with Crippen molar-refractivity contribution in [3.63, 3.8) is 0 Å². The van der Waals surface area contributed by atoms with Crippen molar-refractivity contribution >= 4 is 41.5 Å². The fraction of sp³-hybridized carbons (Fsp3) is 0.333. The Kier molecular flexibility index (Phi) is 9.40. The van der Waals surface area contributed by atoms with E-state index in [9.17, 15) is 9.59 Å². The van der Waals surface area contributed by atoms with Crippen LogP contribution >= 0.6 is 0 Å². The molecule has 0 saturated carbocycles. The topological polar surface area (TPSA) is 52.6 Å². The molecular weight excluding hydrogens is 159 g/mol. The first-order chi connectivity index (χ1) is 4.70. The van der Waals surface area contributed by atoms with Gasteiger partial charge in [-0.25, -0.2) is 9.59 Å². The Labute approximate surface area is 86.8 Å². The van der Waals surface area contributed by atoms with Crippen molar-refractivity contribution in [2.45, 2.75) is 0 Å². The van der Waals surface area contributed by atoms with Gasteiger partial charge in [-0.05, 0) is 0 Å². The quantitative estimate of drug-likeness (QED) is 0.316. The van der Waals surface area contributed by atoms with Crippen LogP contribution in [0.5, 0.6) is 0 Å². The summed E-state index contributed by atoms with van der Waals surface area (Å²) in [6, 6.07) is 0. The van der Waals surface area contributed by atoms with E-state index >= 15 is 0 Å². The molecule has 0 fully saturated rings. The monoisotopic (exact) mass is 167 g/mol. The SMILES string of the molecule is COC(=O)C=CC(=O)OC.[Na]. The Balaban J connectivity index is 0. The molecule has 0 heterocycles. The van der Waals surface area contributed by atoms with Gasteiger partial charge in [0.1, 0.15) is 0 Å². The summed E-state index contributed by atoms with van der Waals surface area (Å²) in [7, 11) is 2.45. The Morgan fingerprint density at radius 3 is 1.45 bits per heavy atom. The summed E-state index contributed by atoms with van der Waals surface area (Å²) < 4.78 is 8.42. The summed E-state index contributed by atoms with van der Waals surface area (Å²) in [6.07, 6.45) is 1.98. The van der Waals surface area contributed by atoms with Crippen LogP contribution < -0.4 is 0 Å². The van der Waals surface area contributed by atoms with Gasteiger partial charge in [-0.15, -0.1) is 0 Å². The number of carbonyl (C=O) groups is 2. The number of rotatable bonds is 2. The van der Waals surface area contributed by atoms with Crippen LogP contribution in [-0.2, 0) is 19.1 Å². The summed E-state index contributed by atoms with van der Waals surface area (Å²) in [4.78, 5) is 20.6. The number of methoxy groups -OCH3 is 2. The molecule has 0 aromatic carbocycles. The normalized spacial score (nSPS) is 8.55. The molecule has 0 unspecified atom stereocenters. The van der Waals surface area contributed by atoms with Crippen molar-refractivity contribution in [1.82, 2.24) is 0 Å². The Hall–Kier alpha value is -0.320. The van der Waals surface area contributed by atoms with Crippen molar-refractivity contribution in [3.05, 3.63) is 12.2 Å². The van der Waals surface area contributed by atoms with Crippen LogP contribution in [0.1, 0.15) is 0 Å². The van der Waals surface area contributed by atoms with E-state index in [1.54, 1.807) is 0 Å². The van der Waals surface area contributed by atoms with Gasteiger partial charge in [0.2, 0.25) is 0 Å². The van der Waals surface area contributed by atoms with Crippen LogP contribution in [0.2, 0.25) is 0 Å². The number of hydrogen-bond donors (Lipinski definition) is 0. The molecule has 1 radical (unpaired) electrons. The van der Waals surface area contributed by atoms with Crippen LogP contribution in [0.3, 0.4) is 0 Å². The molecule has 0 N–H and O–H groups in total. The molecule has 0 saturated heterocycles. The zero-order chi connectivity index (χ0) is 7.98. The van der Waals surface area contributed by atoms with Gasteiger partial charge in [-0.2, -0.15) is 0 Å². The van der Waals surface area contributed by atoms with Crippen LogP contribution in [0.15, 0.2) is 12.2 Å². The van der Waals surface area contributed by atoms with E-state index in [0.717, 1.165) is 12.2 Å². The average Bonchev–Trinajstić information content (AvgIpc) is 1.99. The Morgan fingerprint density at radius 1 is 1.00 bits per heavy atom. The van der Waals surface area contributed by atoms with Crippen molar-refractivity contribution in [2.75, 3.05) is 14.2 Å².